The second-order valence-electron chi connectivity index (χ2n) is 3.83. The minimum atomic E-state index is -0.512. The monoisotopic (exact) mass is 294 g/mol. The van der Waals surface area contributed by atoms with Gasteiger partial charge >= 0.3 is 0 Å². The summed E-state index contributed by atoms with van der Waals surface area (Å²) in [7, 11) is 2.99. The molecule has 0 fully saturated rings. The van der Waals surface area contributed by atoms with Crippen LogP contribution < -0.4 is 9.47 Å². The van der Waals surface area contributed by atoms with Crippen molar-refractivity contribution in [1.29, 1.82) is 0 Å². The van der Waals surface area contributed by atoms with E-state index >= 15 is 0 Å². The third kappa shape index (κ3) is 2.65. The number of methoxy groups -OCH3 is 2. The van der Waals surface area contributed by atoms with Crippen LogP contribution in [0.1, 0.15) is 0 Å². The average Bonchev–Trinajstić information content (AvgIpc) is 2.46. The van der Waals surface area contributed by atoms with E-state index in [2.05, 4.69) is 4.98 Å². The smallest absolute Gasteiger partial charge is 0.295 e. The maximum absolute atomic E-state index is 11.1. The van der Waals surface area contributed by atoms with Crippen LogP contribution in [0, 0.1) is 10.1 Å². The molecule has 1 heterocycles. The van der Waals surface area contributed by atoms with Crippen LogP contribution >= 0.6 is 11.6 Å². The first-order valence-corrected chi connectivity index (χ1v) is 5.98. The first-order valence-electron chi connectivity index (χ1n) is 5.60. The Hall–Kier alpha value is -2.34. The lowest BCUT2D eigenvalue weighted by atomic mass is 10.1. The SMILES string of the molecule is COc1ccc(-c2nc(Cl)ccc2[N+](=O)[O-])c(OC)c1. The Labute approximate surface area is 120 Å². The molecule has 0 radical (unpaired) electrons. The Bertz CT molecular complexity index is 661. The van der Waals surface area contributed by atoms with Gasteiger partial charge in [-0.2, -0.15) is 0 Å². The second-order valence-corrected chi connectivity index (χ2v) is 4.21. The number of nitrogens with zero attached hydrogens (tertiary/aromatic N) is 2. The molecule has 0 saturated heterocycles. The highest BCUT2D eigenvalue weighted by Gasteiger charge is 2.21. The summed E-state index contributed by atoms with van der Waals surface area (Å²) in [5.74, 6) is 0.998. The van der Waals surface area contributed by atoms with Gasteiger partial charge in [0.05, 0.1) is 19.1 Å². The van der Waals surface area contributed by atoms with E-state index in [1.54, 1.807) is 18.2 Å². The molecule has 0 aliphatic heterocycles. The predicted molar refractivity (Wildman–Crippen MR) is 74.4 cm³/mol. The largest absolute Gasteiger partial charge is 0.497 e. The summed E-state index contributed by atoms with van der Waals surface area (Å²) in [6.07, 6.45) is 0. The molecule has 2 aromatic rings. The van der Waals surface area contributed by atoms with E-state index in [-0.39, 0.29) is 16.5 Å². The van der Waals surface area contributed by atoms with Gasteiger partial charge in [-0.15, -0.1) is 0 Å². The summed E-state index contributed by atoms with van der Waals surface area (Å²) in [6.45, 7) is 0. The van der Waals surface area contributed by atoms with Gasteiger partial charge in [0.15, 0.2) is 5.69 Å². The van der Waals surface area contributed by atoms with Crippen LogP contribution in [0.2, 0.25) is 5.15 Å². The van der Waals surface area contributed by atoms with Gasteiger partial charge in [-0.25, -0.2) is 4.98 Å². The van der Waals surface area contributed by atoms with E-state index < -0.39 is 4.92 Å². The van der Waals surface area contributed by atoms with Crippen LogP contribution in [0.15, 0.2) is 30.3 Å². The van der Waals surface area contributed by atoms with E-state index in [4.69, 9.17) is 21.1 Å². The first kappa shape index (κ1) is 14.1. The Morgan fingerprint density at radius 2 is 1.95 bits per heavy atom. The van der Waals surface area contributed by atoms with Crippen LogP contribution in [0.25, 0.3) is 11.3 Å². The average molecular weight is 295 g/mol. The van der Waals surface area contributed by atoms with E-state index in [1.165, 1.54) is 26.4 Å². The van der Waals surface area contributed by atoms with Gasteiger partial charge in [0.1, 0.15) is 16.7 Å². The third-order valence-corrected chi connectivity index (χ3v) is 2.91. The summed E-state index contributed by atoms with van der Waals surface area (Å²) in [4.78, 5) is 14.6. The zero-order valence-electron chi connectivity index (χ0n) is 10.8. The Balaban J connectivity index is 2.67. The van der Waals surface area contributed by atoms with E-state index in [1.807, 2.05) is 0 Å². The van der Waals surface area contributed by atoms with Crippen LogP contribution in [-0.4, -0.2) is 24.1 Å². The van der Waals surface area contributed by atoms with Crippen molar-refractivity contribution < 1.29 is 14.4 Å². The van der Waals surface area contributed by atoms with E-state index in [0.717, 1.165) is 0 Å². The number of rotatable bonds is 4. The number of ether oxygens (including phenoxy) is 2. The zero-order chi connectivity index (χ0) is 14.7. The molecule has 0 unspecified atom stereocenters. The number of hydrogen-bond donors (Lipinski definition) is 0. The van der Waals surface area contributed by atoms with Crippen LogP contribution in [0.3, 0.4) is 0 Å². The summed E-state index contributed by atoms with van der Waals surface area (Å²) in [5.41, 5.74) is 0.488. The minimum absolute atomic E-state index is 0.141. The normalized spacial score (nSPS) is 10.2. The lowest BCUT2D eigenvalue weighted by molar-refractivity contribution is -0.384. The highest BCUT2D eigenvalue weighted by Crippen LogP contribution is 2.37. The lowest BCUT2D eigenvalue weighted by Gasteiger charge is -2.10. The molecule has 1 aromatic heterocycles. The Morgan fingerprint density at radius 3 is 2.55 bits per heavy atom. The van der Waals surface area contributed by atoms with Gasteiger partial charge in [-0.05, 0) is 18.2 Å². The number of halogens is 1. The third-order valence-electron chi connectivity index (χ3n) is 2.70. The number of aromatic nitrogens is 1. The molecule has 0 spiro atoms. The van der Waals surface area contributed by atoms with Crippen molar-refractivity contribution in [3.05, 3.63) is 45.6 Å². The van der Waals surface area contributed by atoms with Crippen molar-refractivity contribution >= 4 is 17.3 Å². The zero-order valence-corrected chi connectivity index (χ0v) is 11.5. The first-order chi connectivity index (χ1) is 9.56. The molecule has 0 aliphatic carbocycles. The molecule has 2 rings (SSSR count). The number of hydrogen-bond acceptors (Lipinski definition) is 5. The van der Waals surface area contributed by atoms with Gasteiger partial charge in [0.2, 0.25) is 0 Å². The van der Waals surface area contributed by atoms with Crippen LogP contribution in [0.4, 0.5) is 5.69 Å². The molecule has 0 amide bonds. The van der Waals surface area contributed by atoms with Gasteiger partial charge in [-0.3, -0.25) is 10.1 Å². The molecule has 0 atom stereocenters. The van der Waals surface area contributed by atoms with E-state index in [9.17, 15) is 10.1 Å². The van der Waals surface area contributed by atoms with Gasteiger partial charge < -0.3 is 9.47 Å². The van der Waals surface area contributed by atoms with Crippen LogP contribution in [-0.2, 0) is 0 Å². The summed E-state index contributed by atoms with van der Waals surface area (Å²) in [5, 5.41) is 11.3. The fourth-order valence-corrected chi connectivity index (χ4v) is 1.92. The number of benzene rings is 1. The lowest BCUT2D eigenvalue weighted by Crippen LogP contribution is -1.97. The second kappa shape index (κ2) is 5.75. The molecular formula is C13H11ClN2O4. The van der Waals surface area contributed by atoms with Crippen LogP contribution in [0.5, 0.6) is 11.5 Å². The maximum atomic E-state index is 11.1. The molecule has 6 nitrogen and oxygen atoms in total. The summed E-state index contributed by atoms with van der Waals surface area (Å²) >= 11 is 5.83. The standard InChI is InChI=1S/C13H11ClN2O4/c1-19-8-3-4-9(11(7-8)20-2)13-10(16(17)18)5-6-12(14)15-13/h3-7H,1-2H3. The molecule has 1 aromatic carbocycles. The quantitative estimate of drug-likeness (QED) is 0.491. The molecule has 0 aliphatic rings. The van der Waals surface area contributed by atoms with Crippen molar-refractivity contribution in [1.82, 2.24) is 4.98 Å². The van der Waals surface area contributed by atoms with Crippen molar-refractivity contribution in [2.45, 2.75) is 0 Å². The molecule has 0 N–H and O–H groups in total. The minimum Gasteiger partial charge on any atom is -0.497 e. The van der Waals surface area contributed by atoms with Crippen molar-refractivity contribution in [3.63, 3.8) is 0 Å². The molecule has 7 heteroatoms. The van der Waals surface area contributed by atoms with Crippen molar-refractivity contribution in [2.75, 3.05) is 14.2 Å². The molecular weight excluding hydrogens is 284 g/mol. The van der Waals surface area contributed by atoms with Crippen molar-refractivity contribution in [3.8, 4) is 22.8 Å². The number of pyridine rings is 1. The molecule has 104 valence electrons. The topological polar surface area (TPSA) is 74.5 Å². The Morgan fingerprint density at radius 1 is 1.20 bits per heavy atom. The van der Waals surface area contributed by atoms with Gasteiger partial charge in [0, 0.05) is 17.7 Å². The fourth-order valence-electron chi connectivity index (χ4n) is 1.77. The summed E-state index contributed by atoms with van der Waals surface area (Å²) in [6, 6.07) is 7.63. The van der Waals surface area contributed by atoms with Gasteiger partial charge in [0.25, 0.3) is 5.69 Å². The fraction of sp³-hybridized carbons (Fsp3) is 0.154. The highest BCUT2D eigenvalue weighted by atomic mass is 35.5. The molecule has 20 heavy (non-hydrogen) atoms. The summed E-state index contributed by atoms with van der Waals surface area (Å²) < 4.78 is 10.3. The molecule has 0 bridgehead atoms. The predicted octanol–water partition coefficient (Wildman–Crippen LogP) is 3.33. The Kier molecular flexibility index (Phi) is 4.05. The van der Waals surface area contributed by atoms with E-state index in [0.29, 0.717) is 17.1 Å². The number of nitro groups is 1. The molecule has 0 saturated carbocycles. The maximum Gasteiger partial charge on any atom is 0.295 e. The highest BCUT2D eigenvalue weighted by molar-refractivity contribution is 6.29. The van der Waals surface area contributed by atoms with Crippen molar-refractivity contribution in [2.24, 2.45) is 0 Å². The van der Waals surface area contributed by atoms with Gasteiger partial charge in [-0.1, -0.05) is 11.6 Å².